The summed E-state index contributed by atoms with van der Waals surface area (Å²) in [6, 6.07) is 1.09. The maximum absolute atomic E-state index is 12.3. The fourth-order valence-electron chi connectivity index (χ4n) is 0.746. The van der Waals surface area contributed by atoms with E-state index in [2.05, 4.69) is 4.98 Å². The average Bonchev–Trinajstić information content (AvgIpc) is 2.07. The summed E-state index contributed by atoms with van der Waals surface area (Å²) in [7, 11) is 0. The van der Waals surface area contributed by atoms with Crippen molar-refractivity contribution in [1.29, 1.82) is 0 Å². The lowest BCUT2D eigenvalue weighted by Crippen LogP contribution is -2.01. The van der Waals surface area contributed by atoms with Gasteiger partial charge in [0.15, 0.2) is 0 Å². The van der Waals surface area contributed by atoms with Gasteiger partial charge < -0.3 is 5.11 Å². The Bertz CT molecular complexity index is 300. The number of halogens is 1. The number of nitrogens with zero attached hydrogens (tertiary/aromatic N) is 1. The van der Waals surface area contributed by atoms with Gasteiger partial charge >= 0.3 is 5.97 Å². The summed E-state index contributed by atoms with van der Waals surface area (Å²) in [6.45, 7) is 5.52. The van der Waals surface area contributed by atoms with Crippen molar-refractivity contribution in [3.8, 4) is 0 Å². The number of rotatable bonds is 1. The molecule has 0 aliphatic carbocycles. The molecule has 13 heavy (non-hydrogen) atoms. The maximum Gasteiger partial charge on any atom is 0.337 e. The van der Waals surface area contributed by atoms with Crippen LogP contribution in [0.2, 0.25) is 0 Å². The Labute approximate surface area is 76.2 Å². The van der Waals surface area contributed by atoms with Crippen LogP contribution in [-0.2, 0) is 0 Å². The van der Waals surface area contributed by atoms with Crippen LogP contribution in [0.4, 0.5) is 4.39 Å². The summed E-state index contributed by atoms with van der Waals surface area (Å²) in [5.41, 5.74) is 0.413. The summed E-state index contributed by atoms with van der Waals surface area (Å²) in [5.74, 6) is -1.75. The molecular weight excluding hydrogens is 173 g/mol. The molecule has 0 spiro atoms. The van der Waals surface area contributed by atoms with Gasteiger partial charge in [0, 0.05) is 6.20 Å². The van der Waals surface area contributed by atoms with E-state index in [1.165, 1.54) is 6.92 Å². The van der Waals surface area contributed by atoms with E-state index in [9.17, 15) is 9.18 Å². The lowest BCUT2D eigenvalue weighted by Gasteiger charge is -1.97. The van der Waals surface area contributed by atoms with Crippen molar-refractivity contribution in [3.63, 3.8) is 0 Å². The predicted octanol–water partition coefficient (Wildman–Crippen LogP) is 2.25. The second-order valence-electron chi connectivity index (χ2n) is 2.13. The molecule has 1 rings (SSSR count). The first-order valence-electron chi connectivity index (χ1n) is 3.96. The van der Waals surface area contributed by atoms with Crippen molar-refractivity contribution in [1.82, 2.24) is 4.98 Å². The van der Waals surface area contributed by atoms with E-state index < -0.39 is 11.9 Å². The highest BCUT2D eigenvalue weighted by molar-refractivity contribution is 5.88. The van der Waals surface area contributed by atoms with Crippen molar-refractivity contribution >= 4 is 5.97 Å². The van der Waals surface area contributed by atoms with Crippen LogP contribution in [-0.4, -0.2) is 16.1 Å². The molecule has 3 nitrogen and oxygen atoms in total. The Balaban J connectivity index is 0.000000671. The zero-order valence-corrected chi connectivity index (χ0v) is 7.84. The van der Waals surface area contributed by atoms with Crippen molar-refractivity contribution < 1.29 is 14.3 Å². The summed E-state index contributed by atoms with van der Waals surface area (Å²) >= 11 is 0. The van der Waals surface area contributed by atoms with E-state index in [1.54, 1.807) is 0 Å². The minimum absolute atomic E-state index is 0.0337. The molecule has 4 heteroatoms. The smallest absolute Gasteiger partial charge is 0.337 e. The predicted molar refractivity (Wildman–Crippen MR) is 47.2 cm³/mol. The summed E-state index contributed by atoms with van der Waals surface area (Å²) in [5, 5.41) is 8.49. The lowest BCUT2D eigenvalue weighted by molar-refractivity contribution is 0.0695. The number of carboxylic acids is 1. The first kappa shape index (κ1) is 11.6. The van der Waals surface area contributed by atoms with Gasteiger partial charge in [0.1, 0.15) is 0 Å². The third-order valence-electron chi connectivity index (χ3n) is 1.31. The number of carbonyl (C=O) groups is 1. The summed E-state index contributed by atoms with van der Waals surface area (Å²) in [6.07, 6.45) is 1.01. The quantitative estimate of drug-likeness (QED) is 0.682. The van der Waals surface area contributed by atoms with Crippen LogP contribution in [0.5, 0.6) is 0 Å². The molecule has 0 atom stereocenters. The van der Waals surface area contributed by atoms with Crippen LogP contribution < -0.4 is 0 Å². The molecular formula is C9H12FNO2. The molecule has 0 aliphatic heterocycles. The van der Waals surface area contributed by atoms with Crippen LogP contribution in [0.1, 0.15) is 29.8 Å². The third-order valence-corrected chi connectivity index (χ3v) is 1.31. The maximum atomic E-state index is 12.3. The fraction of sp³-hybridized carbons (Fsp3) is 0.333. The highest BCUT2D eigenvalue weighted by Crippen LogP contribution is 2.06. The molecule has 0 fully saturated rings. The highest BCUT2D eigenvalue weighted by Gasteiger charge is 2.07. The van der Waals surface area contributed by atoms with E-state index in [0.717, 1.165) is 12.3 Å². The van der Waals surface area contributed by atoms with Crippen LogP contribution in [0.15, 0.2) is 12.3 Å². The van der Waals surface area contributed by atoms with E-state index in [-0.39, 0.29) is 5.56 Å². The minimum atomic E-state index is -1.09. The Hall–Kier alpha value is -1.45. The normalized spacial score (nSPS) is 8.62. The van der Waals surface area contributed by atoms with Gasteiger partial charge in [0.25, 0.3) is 0 Å². The van der Waals surface area contributed by atoms with Gasteiger partial charge in [-0.05, 0) is 18.6 Å². The molecule has 0 amide bonds. The molecule has 0 saturated heterocycles. The molecule has 1 aromatic rings. The molecule has 0 radical (unpaired) electrons. The third kappa shape index (κ3) is 3.19. The number of aromatic nitrogens is 1. The van der Waals surface area contributed by atoms with Gasteiger partial charge in [-0.2, -0.15) is 4.39 Å². The zero-order chi connectivity index (χ0) is 10.4. The van der Waals surface area contributed by atoms with Gasteiger partial charge in [-0.25, -0.2) is 9.78 Å². The Morgan fingerprint density at radius 1 is 1.54 bits per heavy atom. The molecule has 0 unspecified atom stereocenters. The van der Waals surface area contributed by atoms with E-state index in [0.29, 0.717) is 5.56 Å². The molecule has 1 N–H and O–H groups in total. The fourth-order valence-corrected chi connectivity index (χ4v) is 0.746. The topological polar surface area (TPSA) is 50.2 Å². The van der Waals surface area contributed by atoms with E-state index >= 15 is 0 Å². The molecule has 0 bridgehead atoms. The van der Waals surface area contributed by atoms with Gasteiger partial charge in [-0.3, -0.25) is 0 Å². The number of carboxylic acid groups (broad SMARTS) is 1. The van der Waals surface area contributed by atoms with Crippen LogP contribution in [0, 0.1) is 12.9 Å². The van der Waals surface area contributed by atoms with Gasteiger partial charge in [-0.1, -0.05) is 13.8 Å². The zero-order valence-electron chi connectivity index (χ0n) is 7.84. The average molecular weight is 185 g/mol. The molecule has 72 valence electrons. The van der Waals surface area contributed by atoms with Crippen LogP contribution in [0.25, 0.3) is 0 Å². The largest absolute Gasteiger partial charge is 0.478 e. The first-order valence-corrected chi connectivity index (χ1v) is 3.96. The Morgan fingerprint density at radius 3 is 2.46 bits per heavy atom. The van der Waals surface area contributed by atoms with Gasteiger partial charge in [-0.15, -0.1) is 0 Å². The molecule has 1 aromatic heterocycles. The number of aryl methyl sites for hydroxylation is 1. The molecule has 0 aromatic carbocycles. The number of aromatic carboxylic acids is 1. The monoisotopic (exact) mass is 185 g/mol. The summed E-state index contributed by atoms with van der Waals surface area (Å²) in [4.78, 5) is 13.6. The molecule has 0 saturated carbocycles. The molecule has 0 aliphatic rings. The van der Waals surface area contributed by atoms with Crippen LogP contribution >= 0.6 is 0 Å². The number of hydrogen-bond acceptors (Lipinski definition) is 2. The lowest BCUT2D eigenvalue weighted by atomic mass is 10.2. The Morgan fingerprint density at radius 2 is 2.08 bits per heavy atom. The van der Waals surface area contributed by atoms with Crippen molar-refractivity contribution in [3.05, 3.63) is 29.3 Å². The number of hydrogen-bond donors (Lipinski definition) is 1. The number of pyridine rings is 1. The van der Waals surface area contributed by atoms with E-state index in [4.69, 9.17) is 5.11 Å². The van der Waals surface area contributed by atoms with Gasteiger partial charge in [0.05, 0.1) is 5.56 Å². The van der Waals surface area contributed by atoms with Gasteiger partial charge in [0.2, 0.25) is 5.95 Å². The van der Waals surface area contributed by atoms with Crippen molar-refractivity contribution in [2.24, 2.45) is 0 Å². The highest BCUT2D eigenvalue weighted by atomic mass is 19.1. The second-order valence-corrected chi connectivity index (χ2v) is 2.13. The SMILES string of the molecule is CC.Cc1cc(F)ncc1C(=O)O. The summed E-state index contributed by atoms with van der Waals surface area (Å²) < 4.78 is 12.3. The second kappa shape index (κ2) is 5.24. The standard InChI is InChI=1S/C7H6FNO2.C2H6/c1-4-2-6(8)9-3-5(4)7(10)11;1-2/h2-3H,1H3,(H,10,11);1-2H3. The minimum Gasteiger partial charge on any atom is -0.478 e. The van der Waals surface area contributed by atoms with Crippen molar-refractivity contribution in [2.75, 3.05) is 0 Å². The molecule has 1 heterocycles. The first-order chi connectivity index (χ1) is 6.11. The van der Waals surface area contributed by atoms with E-state index in [1.807, 2.05) is 13.8 Å². The van der Waals surface area contributed by atoms with Crippen LogP contribution in [0.3, 0.4) is 0 Å². The Kier molecular flexibility index (Phi) is 4.66. The van der Waals surface area contributed by atoms with Crippen molar-refractivity contribution in [2.45, 2.75) is 20.8 Å².